The predicted octanol–water partition coefficient (Wildman–Crippen LogP) is 1.28. The molecule has 3 rings (SSSR count). The molecule has 6 heteroatoms. The number of hydrogen-bond acceptors (Lipinski definition) is 3. The van der Waals surface area contributed by atoms with Crippen molar-refractivity contribution in [1.29, 1.82) is 0 Å². The molecule has 0 spiro atoms. The van der Waals surface area contributed by atoms with Gasteiger partial charge in [0.15, 0.2) is 0 Å². The molecule has 23 heavy (non-hydrogen) atoms. The zero-order chi connectivity index (χ0) is 16.6. The summed E-state index contributed by atoms with van der Waals surface area (Å²) in [4.78, 5) is 39.3. The van der Waals surface area contributed by atoms with Crippen LogP contribution in [0.15, 0.2) is 24.3 Å². The number of nitrogens with zero attached hydrogens (tertiary/aromatic N) is 2. The summed E-state index contributed by atoms with van der Waals surface area (Å²) in [5, 5.41) is 9.03. The van der Waals surface area contributed by atoms with Crippen LogP contribution in [0.5, 0.6) is 0 Å². The summed E-state index contributed by atoms with van der Waals surface area (Å²) in [6, 6.07) is 7.65. The lowest BCUT2D eigenvalue weighted by Crippen LogP contribution is -2.39. The average molecular weight is 316 g/mol. The number of rotatable bonds is 3. The fraction of sp³-hybridized carbons (Fsp3) is 0.471. The van der Waals surface area contributed by atoms with E-state index in [2.05, 4.69) is 0 Å². The number of likely N-dealkylation sites (tertiary alicyclic amines) is 1. The number of aliphatic carboxylic acids is 1. The highest BCUT2D eigenvalue weighted by Crippen LogP contribution is 2.28. The fourth-order valence-electron chi connectivity index (χ4n) is 3.27. The lowest BCUT2D eigenvalue weighted by atomic mass is 10.1. The van der Waals surface area contributed by atoms with Crippen LogP contribution in [-0.4, -0.2) is 47.4 Å². The summed E-state index contributed by atoms with van der Waals surface area (Å²) in [7, 11) is 0. The summed E-state index contributed by atoms with van der Waals surface area (Å²) >= 11 is 0. The summed E-state index contributed by atoms with van der Waals surface area (Å²) in [6.07, 6.45) is 0.948. The van der Waals surface area contributed by atoms with Gasteiger partial charge in [-0.25, -0.2) is 0 Å². The third-order valence-corrected chi connectivity index (χ3v) is 4.70. The van der Waals surface area contributed by atoms with Crippen LogP contribution >= 0.6 is 0 Å². The number of benzene rings is 1. The van der Waals surface area contributed by atoms with Crippen LogP contribution in [-0.2, 0) is 14.4 Å². The Bertz CT molecular complexity index is 640. The maximum absolute atomic E-state index is 12.6. The second-order valence-electron chi connectivity index (χ2n) is 6.27. The lowest BCUT2D eigenvalue weighted by molar-refractivity contribution is -0.142. The molecule has 2 saturated heterocycles. The van der Waals surface area contributed by atoms with Crippen molar-refractivity contribution in [3.8, 4) is 0 Å². The fourth-order valence-corrected chi connectivity index (χ4v) is 3.27. The Kier molecular flexibility index (Phi) is 4.07. The molecular formula is C17H20N2O4. The Morgan fingerprint density at radius 2 is 1.83 bits per heavy atom. The van der Waals surface area contributed by atoms with E-state index in [-0.39, 0.29) is 18.4 Å². The van der Waals surface area contributed by atoms with Crippen molar-refractivity contribution in [2.24, 2.45) is 11.8 Å². The van der Waals surface area contributed by atoms with E-state index in [0.717, 1.165) is 11.3 Å². The van der Waals surface area contributed by atoms with E-state index in [1.54, 1.807) is 4.90 Å². The minimum atomic E-state index is -0.876. The summed E-state index contributed by atoms with van der Waals surface area (Å²) in [5.74, 6) is -2.47. The van der Waals surface area contributed by atoms with E-state index in [9.17, 15) is 14.4 Å². The van der Waals surface area contributed by atoms with Gasteiger partial charge in [0.2, 0.25) is 11.8 Å². The molecule has 2 atom stereocenters. The molecule has 2 unspecified atom stereocenters. The molecule has 0 aliphatic carbocycles. The first-order valence-corrected chi connectivity index (χ1v) is 7.87. The molecule has 6 nitrogen and oxygen atoms in total. The Hall–Kier alpha value is -2.37. The molecule has 2 heterocycles. The first-order chi connectivity index (χ1) is 11.0. The molecule has 0 saturated carbocycles. The van der Waals surface area contributed by atoms with Gasteiger partial charge in [0.05, 0.1) is 5.92 Å². The van der Waals surface area contributed by atoms with Crippen LogP contribution in [0.3, 0.4) is 0 Å². The van der Waals surface area contributed by atoms with E-state index < -0.39 is 17.8 Å². The van der Waals surface area contributed by atoms with Crippen molar-refractivity contribution in [3.05, 3.63) is 29.8 Å². The summed E-state index contributed by atoms with van der Waals surface area (Å²) in [5.41, 5.74) is 1.92. The quantitative estimate of drug-likeness (QED) is 0.852. The van der Waals surface area contributed by atoms with Gasteiger partial charge in [-0.1, -0.05) is 17.7 Å². The molecule has 1 N–H and O–H groups in total. The van der Waals surface area contributed by atoms with Gasteiger partial charge in [-0.3, -0.25) is 14.4 Å². The zero-order valence-corrected chi connectivity index (χ0v) is 13.1. The maximum atomic E-state index is 12.6. The molecule has 2 aliphatic rings. The van der Waals surface area contributed by atoms with Crippen LogP contribution in [0.25, 0.3) is 0 Å². The largest absolute Gasteiger partial charge is 0.481 e. The normalized spacial score (nSPS) is 24.3. The molecule has 2 fully saturated rings. The summed E-state index contributed by atoms with van der Waals surface area (Å²) < 4.78 is 0. The highest BCUT2D eigenvalue weighted by molar-refractivity contribution is 6.09. The van der Waals surface area contributed by atoms with Crippen LogP contribution in [0.1, 0.15) is 18.4 Å². The standard InChI is InChI=1S/C17H20N2O4/c1-11-2-4-13(5-3-11)19-9-7-14(16(19)21)15(20)18-8-6-12(10-18)17(22)23/h2-5,12,14H,6-10H2,1H3,(H,22,23). The van der Waals surface area contributed by atoms with Gasteiger partial charge in [-0.05, 0) is 31.9 Å². The SMILES string of the molecule is Cc1ccc(N2CCC(C(=O)N3CCC(C(=O)O)C3)C2=O)cc1. The molecule has 0 aromatic heterocycles. The Balaban J connectivity index is 1.68. The minimum Gasteiger partial charge on any atom is -0.481 e. The highest BCUT2D eigenvalue weighted by atomic mass is 16.4. The van der Waals surface area contributed by atoms with Crippen molar-refractivity contribution in [2.75, 3.05) is 24.5 Å². The van der Waals surface area contributed by atoms with Crippen LogP contribution < -0.4 is 4.90 Å². The number of aryl methyl sites for hydroxylation is 1. The molecule has 1 aromatic rings. The van der Waals surface area contributed by atoms with Crippen molar-refractivity contribution in [1.82, 2.24) is 4.90 Å². The third kappa shape index (κ3) is 2.93. The molecule has 0 radical (unpaired) electrons. The molecular weight excluding hydrogens is 296 g/mol. The van der Waals surface area contributed by atoms with Gasteiger partial charge in [-0.15, -0.1) is 0 Å². The van der Waals surface area contributed by atoms with E-state index >= 15 is 0 Å². The van der Waals surface area contributed by atoms with E-state index in [1.165, 1.54) is 4.90 Å². The number of carboxylic acids is 1. The molecule has 122 valence electrons. The highest BCUT2D eigenvalue weighted by Gasteiger charge is 2.42. The molecule has 1 aromatic carbocycles. The number of amides is 2. The predicted molar refractivity (Wildman–Crippen MR) is 84.0 cm³/mol. The number of carbonyl (C=O) groups excluding carboxylic acids is 2. The number of carboxylic acid groups (broad SMARTS) is 1. The van der Waals surface area contributed by atoms with E-state index in [1.807, 2.05) is 31.2 Å². The number of anilines is 1. The van der Waals surface area contributed by atoms with Crippen molar-refractivity contribution >= 4 is 23.5 Å². The average Bonchev–Trinajstić information content (AvgIpc) is 3.15. The van der Waals surface area contributed by atoms with Gasteiger partial charge < -0.3 is 14.9 Å². The molecule has 2 amide bonds. The minimum absolute atomic E-state index is 0.183. The van der Waals surface area contributed by atoms with Gasteiger partial charge in [0.25, 0.3) is 0 Å². The second-order valence-corrected chi connectivity index (χ2v) is 6.27. The Morgan fingerprint density at radius 1 is 1.13 bits per heavy atom. The van der Waals surface area contributed by atoms with Crippen molar-refractivity contribution in [3.63, 3.8) is 0 Å². The van der Waals surface area contributed by atoms with E-state index in [4.69, 9.17) is 5.11 Å². The first-order valence-electron chi connectivity index (χ1n) is 7.87. The van der Waals surface area contributed by atoms with E-state index in [0.29, 0.717) is 25.9 Å². The first kappa shape index (κ1) is 15.5. The Labute approximate surface area is 134 Å². The second kappa shape index (κ2) is 6.02. The monoisotopic (exact) mass is 316 g/mol. The maximum Gasteiger partial charge on any atom is 0.308 e. The third-order valence-electron chi connectivity index (χ3n) is 4.70. The van der Waals surface area contributed by atoms with Crippen LogP contribution in [0.4, 0.5) is 5.69 Å². The Morgan fingerprint density at radius 3 is 2.43 bits per heavy atom. The van der Waals surface area contributed by atoms with Crippen LogP contribution in [0.2, 0.25) is 0 Å². The topological polar surface area (TPSA) is 77.9 Å². The lowest BCUT2D eigenvalue weighted by Gasteiger charge is -2.20. The van der Waals surface area contributed by atoms with Crippen molar-refractivity contribution < 1.29 is 19.5 Å². The molecule has 2 aliphatic heterocycles. The van der Waals surface area contributed by atoms with Gasteiger partial charge in [-0.2, -0.15) is 0 Å². The van der Waals surface area contributed by atoms with Gasteiger partial charge in [0.1, 0.15) is 5.92 Å². The van der Waals surface area contributed by atoms with Crippen molar-refractivity contribution in [2.45, 2.75) is 19.8 Å². The smallest absolute Gasteiger partial charge is 0.308 e. The molecule has 0 bridgehead atoms. The number of hydrogen-bond donors (Lipinski definition) is 1. The summed E-state index contributed by atoms with van der Waals surface area (Å²) in [6.45, 7) is 3.13. The zero-order valence-electron chi connectivity index (χ0n) is 13.1. The van der Waals surface area contributed by atoms with Crippen LogP contribution in [0, 0.1) is 18.8 Å². The van der Waals surface area contributed by atoms with Gasteiger partial charge >= 0.3 is 5.97 Å². The van der Waals surface area contributed by atoms with Gasteiger partial charge in [0, 0.05) is 25.3 Å². The number of carbonyl (C=O) groups is 3.